The van der Waals surface area contributed by atoms with Gasteiger partial charge in [-0.2, -0.15) is 0 Å². The topological polar surface area (TPSA) is 78.9 Å². The predicted octanol–water partition coefficient (Wildman–Crippen LogP) is 2.58. The molecule has 1 aromatic carbocycles. The van der Waals surface area contributed by atoms with Gasteiger partial charge in [-0.1, -0.05) is 55.6 Å². The van der Waals surface area contributed by atoms with E-state index in [-0.39, 0.29) is 32.7 Å². The molecule has 1 atom stereocenters. The highest BCUT2D eigenvalue weighted by Crippen LogP contribution is 2.14. The summed E-state index contributed by atoms with van der Waals surface area (Å²) in [7, 11) is 0. The molecule has 0 unspecified atom stereocenters. The quantitative estimate of drug-likeness (QED) is 0.348. The minimum atomic E-state index is -0.972. The van der Waals surface area contributed by atoms with Crippen molar-refractivity contribution in [2.75, 3.05) is 13.2 Å². The maximum Gasteiger partial charge on any atom is 0.310 e. The van der Waals surface area contributed by atoms with E-state index in [1.54, 1.807) is 0 Å². The van der Waals surface area contributed by atoms with Crippen LogP contribution in [-0.4, -0.2) is 31.1 Å². The standard InChI is InChI=1S/C19H22O6/c1-3-10-23-17(20)12-16(19(22)24-11-4-2)13-18(21)25-14-15-8-6-5-7-9-15/h3-9,16H,1-2,10-14H2/t16-/m1/s1. The van der Waals surface area contributed by atoms with Crippen LogP contribution in [0.15, 0.2) is 55.6 Å². The summed E-state index contributed by atoms with van der Waals surface area (Å²) in [5.41, 5.74) is 0.826. The van der Waals surface area contributed by atoms with Gasteiger partial charge in [0.05, 0.1) is 18.8 Å². The van der Waals surface area contributed by atoms with Crippen LogP contribution in [0.5, 0.6) is 0 Å². The Morgan fingerprint density at radius 3 is 2.04 bits per heavy atom. The normalized spacial score (nSPS) is 11.0. The molecule has 1 rings (SSSR count). The Morgan fingerprint density at radius 2 is 1.44 bits per heavy atom. The van der Waals surface area contributed by atoms with Crippen molar-refractivity contribution in [3.63, 3.8) is 0 Å². The number of carbonyl (C=O) groups excluding carboxylic acids is 3. The van der Waals surface area contributed by atoms with Gasteiger partial charge in [0.15, 0.2) is 0 Å². The first-order chi connectivity index (χ1) is 12.1. The van der Waals surface area contributed by atoms with Crippen LogP contribution in [0.1, 0.15) is 18.4 Å². The Balaban J connectivity index is 2.59. The van der Waals surface area contributed by atoms with Gasteiger partial charge in [0.25, 0.3) is 0 Å². The van der Waals surface area contributed by atoms with Crippen molar-refractivity contribution < 1.29 is 28.6 Å². The molecule has 0 saturated carbocycles. The van der Waals surface area contributed by atoms with E-state index in [0.717, 1.165) is 5.56 Å². The van der Waals surface area contributed by atoms with Gasteiger partial charge in [0.1, 0.15) is 19.8 Å². The second-order valence-electron chi connectivity index (χ2n) is 5.14. The fraction of sp³-hybridized carbons (Fsp3) is 0.316. The average molecular weight is 346 g/mol. The second kappa shape index (κ2) is 11.6. The molecule has 6 nitrogen and oxygen atoms in total. The third-order valence-electron chi connectivity index (χ3n) is 3.11. The lowest BCUT2D eigenvalue weighted by atomic mass is 10.0. The fourth-order valence-electron chi connectivity index (χ4n) is 1.91. The third kappa shape index (κ3) is 8.50. The molecule has 0 aliphatic heterocycles. The molecule has 0 aliphatic rings. The number of carbonyl (C=O) groups is 3. The van der Waals surface area contributed by atoms with E-state index in [1.807, 2.05) is 30.3 Å². The highest BCUT2D eigenvalue weighted by atomic mass is 16.5. The largest absolute Gasteiger partial charge is 0.461 e. The zero-order chi connectivity index (χ0) is 18.5. The van der Waals surface area contributed by atoms with Gasteiger partial charge in [0.2, 0.25) is 0 Å². The van der Waals surface area contributed by atoms with E-state index in [9.17, 15) is 14.4 Å². The first-order valence-corrected chi connectivity index (χ1v) is 7.80. The third-order valence-corrected chi connectivity index (χ3v) is 3.11. The first kappa shape index (κ1) is 20.2. The maximum atomic E-state index is 12.0. The van der Waals surface area contributed by atoms with Crippen molar-refractivity contribution in [1.82, 2.24) is 0 Å². The Morgan fingerprint density at radius 1 is 0.880 bits per heavy atom. The molecule has 0 aliphatic carbocycles. The number of benzene rings is 1. The van der Waals surface area contributed by atoms with Crippen molar-refractivity contribution in [2.24, 2.45) is 5.92 Å². The summed E-state index contributed by atoms with van der Waals surface area (Å²) < 4.78 is 14.9. The van der Waals surface area contributed by atoms with Crippen LogP contribution in [0, 0.1) is 5.92 Å². The lowest BCUT2D eigenvalue weighted by Crippen LogP contribution is -2.25. The second-order valence-corrected chi connectivity index (χ2v) is 5.14. The van der Waals surface area contributed by atoms with Crippen molar-refractivity contribution in [2.45, 2.75) is 19.4 Å². The summed E-state index contributed by atoms with van der Waals surface area (Å²) >= 11 is 0. The van der Waals surface area contributed by atoms with Crippen LogP contribution < -0.4 is 0 Å². The van der Waals surface area contributed by atoms with Gasteiger partial charge in [-0.05, 0) is 5.56 Å². The zero-order valence-corrected chi connectivity index (χ0v) is 14.0. The molecule has 1 aromatic rings. The molecule has 0 radical (unpaired) electrons. The lowest BCUT2D eigenvalue weighted by Gasteiger charge is -2.14. The molecule has 0 amide bonds. The van der Waals surface area contributed by atoms with E-state index in [0.29, 0.717) is 0 Å². The highest BCUT2D eigenvalue weighted by molar-refractivity contribution is 5.84. The molecule has 0 fully saturated rings. The number of rotatable bonds is 11. The minimum absolute atomic E-state index is 0.00387. The van der Waals surface area contributed by atoms with E-state index in [1.165, 1.54) is 12.2 Å². The Labute approximate surface area is 147 Å². The summed E-state index contributed by atoms with van der Waals surface area (Å²) in [4.78, 5) is 35.7. The Kier molecular flexibility index (Phi) is 9.36. The Bertz CT molecular complexity index is 593. The minimum Gasteiger partial charge on any atom is -0.461 e. The molecular formula is C19H22O6. The summed E-state index contributed by atoms with van der Waals surface area (Å²) in [6, 6.07) is 9.14. The van der Waals surface area contributed by atoms with Crippen LogP contribution in [0.2, 0.25) is 0 Å². The maximum absolute atomic E-state index is 12.0. The SMILES string of the molecule is C=CCOC(=O)C[C@H](CC(=O)OCc1ccccc1)C(=O)OCC=C. The average Bonchev–Trinajstić information content (AvgIpc) is 2.63. The molecular weight excluding hydrogens is 324 g/mol. The van der Waals surface area contributed by atoms with E-state index in [4.69, 9.17) is 14.2 Å². The summed E-state index contributed by atoms with van der Waals surface area (Å²) in [6.45, 7) is 7.00. The van der Waals surface area contributed by atoms with Crippen LogP contribution in [0.4, 0.5) is 0 Å². The summed E-state index contributed by atoms with van der Waals surface area (Å²) in [5, 5.41) is 0. The summed E-state index contributed by atoms with van der Waals surface area (Å²) in [5.74, 6) is -2.86. The smallest absolute Gasteiger partial charge is 0.310 e. The van der Waals surface area contributed by atoms with Gasteiger partial charge in [-0.3, -0.25) is 14.4 Å². The van der Waals surface area contributed by atoms with Crippen LogP contribution in [0.3, 0.4) is 0 Å². The summed E-state index contributed by atoms with van der Waals surface area (Å²) in [6.07, 6.45) is 2.27. The lowest BCUT2D eigenvalue weighted by molar-refractivity contribution is -0.158. The van der Waals surface area contributed by atoms with Crippen molar-refractivity contribution in [3.05, 3.63) is 61.2 Å². The van der Waals surface area contributed by atoms with E-state index >= 15 is 0 Å². The molecule has 0 N–H and O–H groups in total. The molecule has 134 valence electrons. The zero-order valence-electron chi connectivity index (χ0n) is 14.0. The van der Waals surface area contributed by atoms with Crippen molar-refractivity contribution in [3.8, 4) is 0 Å². The molecule has 0 spiro atoms. The molecule has 0 aromatic heterocycles. The van der Waals surface area contributed by atoms with Crippen molar-refractivity contribution >= 4 is 17.9 Å². The van der Waals surface area contributed by atoms with Crippen LogP contribution in [-0.2, 0) is 35.2 Å². The molecule has 6 heteroatoms. The monoisotopic (exact) mass is 346 g/mol. The van der Waals surface area contributed by atoms with Gasteiger partial charge in [-0.25, -0.2) is 0 Å². The fourth-order valence-corrected chi connectivity index (χ4v) is 1.91. The number of ether oxygens (including phenoxy) is 3. The number of hydrogen-bond donors (Lipinski definition) is 0. The molecule has 0 bridgehead atoms. The van der Waals surface area contributed by atoms with Gasteiger partial charge >= 0.3 is 17.9 Å². The number of hydrogen-bond acceptors (Lipinski definition) is 6. The number of esters is 3. The first-order valence-electron chi connectivity index (χ1n) is 7.80. The van der Waals surface area contributed by atoms with E-state index in [2.05, 4.69) is 13.2 Å². The molecule has 25 heavy (non-hydrogen) atoms. The van der Waals surface area contributed by atoms with E-state index < -0.39 is 23.8 Å². The molecule has 0 heterocycles. The Hall–Kier alpha value is -2.89. The van der Waals surface area contributed by atoms with Crippen LogP contribution in [0.25, 0.3) is 0 Å². The highest BCUT2D eigenvalue weighted by Gasteiger charge is 2.27. The van der Waals surface area contributed by atoms with Gasteiger partial charge in [-0.15, -0.1) is 0 Å². The predicted molar refractivity (Wildman–Crippen MR) is 91.3 cm³/mol. The van der Waals surface area contributed by atoms with Gasteiger partial charge < -0.3 is 14.2 Å². The molecule has 0 saturated heterocycles. The van der Waals surface area contributed by atoms with Crippen molar-refractivity contribution in [1.29, 1.82) is 0 Å². The van der Waals surface area contributed by atoms with Crippen LogP contribution >= 0.6 is 0 Å². The van der Waals surface area contributed by atoms with Gasteiger partial charge in [0, 0.05) is 0 Å².